The van der Waals surface area contributed by atoms with Crippen LogP contribution >= 0.6 is 11.6 Å². The molecule has 1 amide bonds. The summed E-state index contributed by atoms with van der Waals surface area (Å²) in [7, 11) is 0. The zero-order valence-electron chi connectivity index (χ0n) is 11.4. The number of para-hydroxylation sites is 1. The standard InChI is InChI=1S/C14H17ClN4O/c1-9(2)19-8-10(7-17-19)13(14(16)20)18-12-6-4-3-5-11(12)15/h3-9,13,18H,1-2H3,(H2,16,20). The number of halogens is 1. The van der Waals surface area contributed by atoms with Crippen LogP contribution in [-0.2, 0) is 4.79 Å². The first-order chi connectivity index (χ1) is 9.49. The first-order valence-electron chi connectivity index (χ1n) is 6.33. The summed E-state index contributed by atoms with van der Waals surface area (Å²) in [6.45, 7) is 4.02. The number of benzene rings is 1. The lowest BCUT2D eigenvalue weighted by atomic mass is 10.1. The van der Waals surface area contributed by atoms with E-state index in [1.807, 2.05) is 32.2 Å². The van der Waals surface area contributed by atoms with Crippen molar-refractivity contribution in [3.63, 3.8) is 0 Å². The van der Waals surface area contributed by atoms with Crippen molar-refractivity contribution in [3.05, 3.63) is 47.2 Å². The summed E-state index contributed by atoms with van der Waals surface area (Å²) < 4.78 is 1.78. The number of aromatic nitrogens is 2. The minimum absolute atomic E-state index is 0.220. The molecule has 0 saturated carbocycles. The van der Waals surface area contributed by atoms with E-state index in [-0.39, 0.29) is 6.04 Å². The third-order valence-electron chi connectivity index (χ3n) is 2.94. The van der Waals surface area contributed by atoms with Crippen LogP contribution in [0.4, 0.5) is 5.69 Å². The number of nitrogens with two attached hydrogens (primary N) is 1. The van der Waals surface area contributed by atoms with Gasteiger partial charge in [-0.05, 0) is 26.0 Å². The van der Waals surface area contributed by atoms with Crippen molar-refractivity contribution in [2.75, 3.05) is 5.32 Å². The molecule has 0 fully saturated rings. The van der Waals surface area contributed by atoms with E-state index in [1.54, 1.807) is 23.0 Å². The molecule has 6 heteroatoms. The largest absolute Gasteiger partial charge is 0.369 e. The zero-order valence-corrected chi connectivity index (χ0v) is 12.1. The predicted molar refractivity (Wildman–Crippen MR) is 79.6 cm³/mol. The summed E-state index contributed by atoms with van der Waals surface area (Å²) >= 11 is 6.08. The first-order valence-corrected chi connectivity index (χ1v) is 6.71. The molecule has 106 valence electrons. The first kappa shape index (κ1) is 14.4. The minimum Gasteiger partial charge on any atom is -0.369 e. The van der Waals surface area contributed by atoms with Gasteiger partial charge in [-0.2, -0.15) is 5.10 Å². The molecule has 0 saturated heterocycles. The van der Waals surface area contributed by atoms with Crippen molar-refractivity contribution in [1.82, 2.24) is 9.78 Å². The molecule has 0 aliphatic rings. The van der Waals surface area contributed by atoms with Crippen molar-refractivity contribution in [3.8, 4) is 0 Å². The number of anilines is 1. The van der Waals surface area contributed by atoms with Crippen LogP contribution < -0.4 is 11.1 Å². The van der Waals surface area contributed by atoms with Gasteiger partial charge in [-0.15, -0.1) is 0 Å². The highest BCUT2D eigenvalue weighted by Crippen LogP contribution is 2.26. The number of primary amides is 1. The van der Waals surface area contributed by atoms with E-state index in [0.29, 0.717) is 16.3 Å². The lowest BCUT2D eigenvalue weighted by Gasteiger charge is -2.16. The number of amides is 1. The Kier molecular flexibility index (Phi) is 4.29. The van der Waals surface area contributed by atoms with Crippen LogP contribution in [0.5, 0.6) is 0 Å². The summed E-state index contributed by atoms with van der Waals surface area (Å²) in [4.78, 5) is 11.7. The van der Waals surface area contributed by atoms with E-state index in [9.17, 15) is 4.79 Å². The Hall–Kier alpha value is -2.01. The van der Waals surface area contributed by atoms with Gasteiger partial charge in [0.05, 0.1) is 16.9 Å². The highest BCUT2D eigenvalue weighted by Gasteiger charge is 2.20. The van der Waals surface area contributed by atoms with Crippen LogP contribution in [0.1, 0.15) is 31.5 Å². The van der Waals surface area contributed by atoms with Gasteiger partial charge in [0.1, 0.15) is 6.04 Å². The number of carbonyl (C=O) groups excluding carboxylic acids is 1. The Morgan fingerprint density at radius 2 is 2.10 bits per heavy atom. The van der Waals surface area contributed by atoms with Gasteiger partial charge in [0, 0.05) is 17.8 Å². The van der Waals surface area contributed by atoms with Gasteiger partial charge in [-0.25, -0.2) is 0 Å². The van der Waals surface area contributed by atoms with Crippen molar-refractivity contribution in [1.29, 1.82) is 0 Å². The fraction of sp³-hybridized carbons (Fsp3) is 0.286. The number of rotatable bonds is 5. The van der Waals surface area contributed by atoms with Gasteiger partial charge in [0.2, 0.25) is 5.91 Å². The molecule has 20 heavy (non-hydrogen) atoms. The molecule has 3 N–H and O–H groups in total. The average molecular weight is 293 g/mol. The number of hydrogen-bond donors (Lipinski definition) is 2. The average Bonchev–Trinajstić information content (AvgIpc) is 2.87. The molecular weight excluding hydrogens is 276 g/mol. The summed E-state index contributed by atoms with van der Waals surface area (Å²) in [5.74, 6) is -0.478. The molecule has 2 rings (SSSR count). The summed E-state index contributed by atoms with van der Waals surface area (Å²) in [5, 5.41) is 7.81. The third-order valence-corrected chi connectivity index (χ3v) is 3.27. The van der Waals surface area contributed by atoms with Crippen LogP contribution in [0.2, 0.25) is 5.02 Å². The van der Waals surface area contributed by atoms with Gasteiger partial charge < -0.3 is 11.1 Å². The maximum Gasteiger partial charge on any atom is 0.244 e. The lowest BCUT2D eigenvalue weighted by molar-refractivity contribution is -0.118. The Morgan fingerprint density at radius 3 is 2.65 bits per heavy atom. The van der Waals surface area contributed by atoms with Crippen molar-refractivity contribution < 1.29 is 4.79 Å². The molecule has 2 aromatic rings. The van der Waals surface area contributed by atoms with Crippen LogP contribution in [0.3, 0.4) is 0 Å². The molecule has 1 aromatic heterocycles. The van der Waals surface area contributed by atoms with E-state index in [4.69, 9.17) is 17.3 Å². The van der Waals surface area contributed by atoms with Crippen LogP contribution in [0.15, 0.2) is 36.7 Å². The number of nitrogens with one attached hydrogen (secondary N) is 1. The van der Waals surface area contributed by atoms with Gasteiger partial charge in [-0.1, -0.05) is 23.7 Å². The molecule has 1 heterocycles. The van der Waals surface area contributed by atoms with Crippen LogP contribution in [-0.4, -0.2) is 15.7 Å². The Labute approximate surface area is 122 Å². The monoisotopic (exact) mass is 292 g/mol. The summed E-state index contributed by atoms with van der Waals surface area (Å²) in [6, 6.07) is 6.76. The third kappa shape index (κ3) is 3.11. The molecule has 1 unspecified atom stereocenters. The normalized spacial score (nSPS) is 12.4. The quantitative estimate of drug-likeness (QED) is 0.890. The van der Waals surface area contributed by atoms with Gasteiger partial charge in [0.15, 0.2) is 0 Å². The number of hydrogen-bond acceptors (Lipinski definition) is 3. The predicted octanol–water partition coefficient (Wildman–Crippen LogP) is 2.76. The smallest absolute Gasteiger partial charge is 0.244 e. The highest BCUT2D eigenvalue weighted by molar-refractivity contribution is 6.33. The molecule has 0 radical (unpaired) electrons. The number of carbonyl (C=O) groups is 1. The topological polar surface area (TPSA) is 72.9 Å². The Bertz CT molecular complexity index is 609. The number of nitrogens with zero attached hydrogens (tertiary/aromatic N) is 2. The minimum atomic E-state index is -0.664. The molecule has 5 nitrogen and oxygen atoms in total. The van der Waals surface area contributed by atoms with Gasteiger partial charge in [-0.3, -0.25) is 9.48 Å². The van der Waals surface area contributed by atoms with Gasteiger partial charge >= 0.3 is 0 Å². The second kappa shape index (κ2) is 5.96. The molecule has 0 spiro atoms. The zero-order chi connectivity index (χ0) is 14.7. The van der Waals surface area contributed by atoms with Crippen LogP contribution in [0, 0.1) is 0 Å². The maximum absolute atomic E-state index is 11.7. The molecule has 0 aliphatic carbocycles. The molecular formula is C14H17ClN4O. The van der Waals surface area contributed by atoms with Crippen molar-refractivity contribution in [2.24, 2.45) is 5.73 Å². The van der Waals surface area contributed by atoms with Crippen LogP contribution in [0.25, 0.3) is 0 Å². The highest BCUT2D eigenvalue weighted by atomic mass is 35.5. The second-order valence-corrected chi connectivity index (χ2v) is 5.21. The molecule has 1 atom stereocenters. The molecule has 0 bridgehead atoms. The fourth-order valence-electron chi connectivity index (χ4n) is 1.84. The van der Waals surface area contributed by atoms with E-state index < -0.39 is 11.9 Å². The Morgan fingerprint density at radius 1 is 1.40 bits per heavy atom. The summed E-state index contributed by atoms with van der Waals surface area (Å²) in [6.07, 6.45) is 3.45. The van der Waals surface area contributed by atoms with Crippen molar-refractivity contribution in [2.45, 2.75) is 25.9 Å². The van der Waals surface area contributed by atoms with Gasteiger partial charge in [0.25, 0.3) is 0 Å². The summed E-state index contributed by atoms with van der Waals surface area (Å²) in [5.41, 5.74) is 6.85. The van der Waals surface area contributed by atoms with E-state index in [2.05, 4.69) is 10.4 Å². The second-order valence-electron chi connectivity index (χ2n) is 4.81. The maximum atomic E-state index is 11.7. The molecule has 0 aliphatic heterocycles. The van der Waals surface area contributed by atoms with E-state index >= 15 is 0 Å². The van der Waals surface area contributed by atoms with E-state index in [0.717, 1.165) is 0 Å². The lowest BCUT2D eigenvalue weighted by Crippen LogP contribution is -2.27. The van der Waals surface area contributed by atoms with E-state index in [1.165, 1.54) is 0 Å². The Balaban J connectivity index is 2.27. The van der Waals surface area contributed by atoms with Crippen molar-refractivity contribution >= 4 is 23.2 Å². The molecule has 1 aromatic carbocycles. The fourth-order valence-corrected chi connectivity index (χ4v) is 2.03. The SMILES string of the molecule is CC(C)n1cc(C(Nc2ccccc2Cl)C(N)=O)cn1.